The zero-order valence-corrected chi connectivity index (χ0v) is 12.1. The number of rotatable bonds is 6. The molecule has 0 fully saturated rings. The third kappa shape index (κ3) is 6.00. The minimum absolute atomic E-state index is 0.225. The summed E-state index contributed by atoms with van der Waals surface area (Å²) in [7, 11) is 0. The Morgan fingerprint density at radius 2 is 1.96 bits per heavy atom. The van der Waals surface area contributed by atoms with Gasteiger partial charge in [0.15, 0.2) is 0 Å². The molecule has 0 spiro atoms. The number of nitrogens with one attached hydrogen (secondary N) is 3. The van der Waals surface area contributed by atoms with Gasteiger partial charge in [-0.25, -0.2) is 14.6 Å². The van der Waals surface area contributed by atoms with Crippen molar-refractivity contribution in [2.75, 3.05) is 6.54 Å². The Labute approximate surface area is 131 Å². The van der Waals surface area contributed by atoms with Crippen LogP contribution in [0.2, 0.25) is 0 Å². The van der Waals surface area contributed by atoms with Gasteiger partial charge in [0.05, 0.1) is 19.0 Å². The van der Waals surface area contributed by atoms with Crippen LogP contribution in [0, 0.1) is 5.82 Å². The molecule has 23 heavy (non-hydrogen) atoms. The molecule has 0 aliphatic heterocycles. The van der Waals surface area contributed by atoms with Crippen molar-refractivity contribution in [3.8, 4) is 0 Å². The third-order valence-electron chi connectivity index (χ3n) is 2.69. The van der Waals surface area contributed by atoms with Gasteiger partial charge in [-0.2, -0.15) is 5.10 Å². The summed E-state index contributed by atoms with van der Waals surface area (Å²) in [5, 5.41) is 8.61. The van der Waals surface area contributed by atoms with Crippen molar-refractivity contribution < 1.29 is 18.4 Å². The Balaban J connectivity index is 1.64. The molecule has 2 rings (SSSR count). The summed E-state index contributed by atoms with van der Waals surface area (Å²) >= 11 is 0. The van der Waals surface area contributed by atoms with E-state index in [-0.39, 0.29) is 18.9 Å². The van der Waals surface area contributed by atoms with E-state index in [0.29, 0.717) is 11.3 Å². The normalized spacial score (nSPS) is 10.5. The largest absolute Gasteiger partial charge is 0.467 e. The van der Waals surface area contributed by atoms with Crippen molar-refractivity contribution in [3.63, 3.8) is 0 Å². The van der Waals surface area contributed by atoms with Gasteiger partial charge in [-0.15, -0.1) is 0 Å². The topological polar surface area (TPSA) is 95.7 Å². The fraction of sp³-hybridized carbons (Fsp3) is 0.133. The molecule has 3 amide bonds. The van der Waals surface area contributed by atoms with Gasteiger partial charge in [0, 0.05) is 0 Å². The van der Waals surface area contributed by atoms with Crippen LogP contribution < -0.4 is 16.1 Å². The van der Waals surface area contributed by atoms with Crippen LogP contribution in [0.5, 0.6) is 0 Å². The number of amides is 3. The first-order chi connectivity index (χ1) is 11.1. The quantitative estimate of drug-likeness (QED) is 0.554. The molecular weight excluding hydrogens is 303 g/mol. The molecule has 0 unspecified atom stereocenters. The maximum atomic E-state index is 12.7. The number of carbonyl (C=O) groups is 2. The van der Waals surface area contributed by atoms with E-state index >= 15 is 0 Å². The van der Waals surface area contributed by atoms with Crippen molar-refractivity contribution in [1.82, 2.24) is 16.1 Å². The van der Waals surface area contributed by atoms with E-state index in [1.54, 1.807) is 12.1 Å². The van der Waals surface area contributed by atoms with Crippen molar-refractivity contribution in [3.05, 3.63) is 59.8 Å². The van der Waals surface area contributed by atoms with Crippen molar-refractivity contribution in [2.45, 2.75) is 6.54 Å². The van der Waals surface area contributed by atoms with Gasteiger partial charge in [-0.1, -0.05) is 12.1 Å². The molecule has 0 bridgehead atoms. The maximum absolute atomic E-state index is 12.7. The molecule has 0 saturated heterocycles. The van der Waals surface area contributed by atoms with Gasteiger partial charge < -0.3 is 15.1 Å². The zero-order valence-electron chi connectivity index (χ0n) is 12.1. The van der Waals surface area contributed by atoms with Crippen LogP contribution in [0.15, 0.2) is 52.2 Å². The monoisotopic (exact) mass is 318 g/mol. The second-order valence-corrected chi connectivity index (χ2v) is 4.46. The molecule has 1 heterocycles. The highest BCUT2D eigenvalue weighted by atomic mass is 19.1. The second kappa shape index (κ2) is 8.32. The van der Waals surface area contributed by atoms with Crippen LogP contribution >= 0.6 is 0 Å². The molecule has 0 radical (unpaired) electrons. The van der Waals surface area contributed by atoms with E-state index in [1.807, 2.05) is 0 Å². The lowest BCUT2D eigenvalue weighted by Gasteiger charge is -2.05. The molecule has 120 valence electrons. The standard InChI is InChI=1S/C15H15FN4O3/c16-12-5-3-11(4-6-12)8-19-20-14(21)10-18-15(22)17-9-13-2-1-7-23-13/h1-8H,9-10H2,(H,20,21)(H2,17,18,22)/b19-8+. The van der Waals surface area contributed by atoms with Crippen LogP contribution in [0.4, 0.5) is 9.18 Å². The molecule has 0 saturated carbocycles. The lowest BCUT2D eigenvalue weighted by atomic mass is 10.2. The highest BCUT2D eigenvalue weighted by molar-refractivity contribution is 5.85. The number of urea groups is 1. The summed E-state index contributed by atoms with van der Waals surface area (Å²) in [6.45, 7) is -0.00603. The van der Waals surface area contributed by atoms with Crippen LogP contribution in [0.1, 0.15) is 11.3 Å². The minimum atomic E-state index is -0.501. The summed E-state index contributed by atoms with van der Waals surface area (Å²) in [5.41, 5.74) is 2.88. The first-order valence-corrected chi connectivity index (χ1v) is 6.75. The number of hydrazone groups is 1. The van der Waals surface area contributed by atoms with Crippen molar-refractivity contribution in [1.29, 1.82) is 0 Å². The predicted molar refractivity (Wildman–Crippen MR) is 81.1 cm³/mol. The summed E-state index contributed by atoms with van der Waals surface area (Å²) in [4.78, 5) is 22.9. The Morgan fingerprint density at radius 1 is 1.17 bits per heavy atom. The summed E-state index contributed by atoms with van der Waals surface area (Å²) in [6.07, 6.45) is 2.87. The first kappa shape index (κ1) is 16.2. The van der Waals surface area contributed by atoms with Crippen LogP contribution in [-0.2, 0) is 11.3 Å². The Morgan fingerprint density at radius 3 is 2.65 bits per heavy atom. The van der Waals surface area contributed by atoms with Crippen molar-refractivity contribution in [2.24, 2.45) is 5.10 Å². The lowest BCUT2D eigenvalue weighted by Crippen LogP contribution is -2.40. The molecular formula is C15H15FN4O3. The first-order valence-electron chi connectivity index (χ1n) is 6.75. The van der Waals surface area contributed by atoms with E-state index in [1.165, 1.54) is 36.7 Å². The van der Waals surface area contributed by atoms with Crippen LogP contribution in [0.3, 0.4) is 0 Å². The van der Waals surface area contributed by atoms with Gasteiger partial charge in [0.2, 0.25) is 0 Å². The maximum Gasteiger partial charge on any atom is 0.315 e. The van der Waals surface area contributed by atoms with Gasteiger partial charge in [-0.05, 0) is 29.8 Å². The van der Waals surface area contributed by atoms with Gasteiger partial charge >= 0.3 is 6.03 Å². The fourth-order valence-corrected chi connectivity index (χ4v) is 1.57. The van der Waals surface area contributed by atoms with Crippen molar-refractivity contribution >= 4 is 18.2 Å². The Kier molecular flexibility index (Phi) is 5.87. The average Bonchev–Trinajstić information content (AvgIpc) is 3.06. The summed E-state index contributed by atoms with van der Waals surface area (Å²) in [6, 6.07) is 8.54. The van der Waals surface area contributed by atoms with Gasteiger partial charge in [0.25, 0.3) is 5.91 Å². The second-order valence-electron chi connectivity index (χ2n) is 4.46. The SMILES string of the molecule is O=C(CNC(=O)NCc1ccco1)N/N=C/c1ccc(F)cc1. The number of benzene rings is 1. The number of hydrogen-bond acceptors (Lipinski definition) is 4. The van der Waals surface area contributed by atoms with E-state index in [4.69, 9.17) is 4.42 Å². The van der Waals surface area contributed by atoms with Crippen LogP contribution in [-0.4, -0.2) is 24.7 Å². The third-order valence-corrected chi connectivity index (χ3v) is 2.69. The summed E-state index contributed by atoms with van der Waals surface area (Å²) in [5.74, 6) is -0.235. The smallest absolute Gasteiger partial charge is 0.315 e. The number of nitrogens with zero attached hydrogens (tertiary/aromatic N) is 1. The molecule has 7 nitrogen and oxygen atoms in total. The molecule has 0 aliphatic rings. The number of carbonyl (C=O) groups excluding carboxylic acids is 2. The number of hydrogen-bond donors (Lipinski definition) is 3. The predicted octanol–water partition coefficient (Wildman–Crippen LogP) is 1.37. The molecule has 0 aliphatic carbocycles. The lowest BCUT2D eigenvalue weighted by molar-refractivity contribution is -0.120. The highest BCUT2D eigenvalue weighted by Gasteiger charge is 2.04. The minimum Gasteiger partial charge on any atom is -0.467 e. The average molecular weight is 318 g/mol. The molecule has 2 aromatic rings. The van der Waals surface area contributed by atoms with E-state index < -0.39 is 11.9 Å². The van der Waals surface area contributed by atoms with E-state index in [0.717, 1.165) is 0 Å². The Bertz CT molecular complexity index is 669. The van der Waals surface area contributed by atoms with Gasteiger partial charge in [-0.3, -0.25) is 4.79 Å². The van der Waals surface area contributed by atoms with E-state index in [2.05, 4.69) is 21.2 Å². The highest BCUT2D eigenvalue weighted by Crippen LogP contribution is 1.99. The van der Waals surface area contributed by atoms with E-state index in [9.17, 15) is 14.0 Å². The number of halogens is 1. The zero-order chi connectivity index (χ0) is 16.5. The molecule has 8 heteroatoms. The molecule has 1 aromatic carbocycles. The van der Waals surface area contributed by atoms with Crippen LogP contribution in [0.25, 0.3) is 0 Å². The summed E-state index contributed by atoms with van der Waals surface area (Å²) < 4.78 is 17.7. The molecule has 0 atom stereocenters. The molecule has 3 N–H and O–H groups in total. The molecule has 1 aromatic heterocycles. The van der Waals surface area contributed by atoms with Gasteiger partial charge in [0.1, 0.15) is 18.1 Å². The Hall–Kier alpha value is -3.16. The fourth-order valence-electron chi connectivity index (χ4n) is 1.57. The number of furan rings is 1.